The second kappa shape index (κ2) is 9.59. The first kappa shape index (κ1) is 21.2. The highest BCUT2D eigenvalue weighted by molar-refractivity contribution is 8.00. The van der Waals surface area contributed by atoms with Crippen molar-refractivity contribution in [2.45, 2.75) is 51.9 Å². The molecule has 5 nitrogen and oxygen atoms in total. The van der Waals surface area contributed by atoms with Crippen LogP contribution in [-0.4, -0.2) is 52.3 Å². The summed E-state index contributed by atoms with van der Waals surface area (Å²) in [7, 11) is 0. The van der Waals surface area contributed by atoms with Gasteiger partial charge in [0.15, 0.2) is 0 Å². The average molecular weight is 359 g/mol. The minimum absolute atomic E-state index is 0.0113. The highest BCUT2D eigenvalue weighted by Gasteiger charge is 2.39. The molecule has 138 valence electrons. The van der Waals surface area contributed by atoms with Gasteiger partial charge >= 0.3 is 5.97 Å². The standard InChI is InChI=1S/C18H30O5S/c1-12-6-5-7-18(3,4)17(12)15(21)8-13(2)24-11-16(22)23-10-14(20)9-19/h5-6,12-14,17,19-20H,7-11H2,1-4H3. The summed E-state index contributed by atoms with van der Waals surface area (Å²) in [6.45, 7) is 7.66. The van der Waals surface area contributed by atoms with Crippen LogP contribution >= 0.6 is 11.8 Å². The number of allylic oxidation sites excluding steroid dienone is 2. The molecule has 1 aliphatic carbocycles. The van der Waals surface area contributed by atoms with Gasteiger partial charge in [-0.05, 0) is 17.8 Å². The summed E-state index contributed by atoms with van der Waals surface area (Å²) in [6.07, 6.45) is 4.58. The lowest BCUT2D eigenvalue weighted by Crippen LogP contribution is -2.38. The van der Waals surface area contributed by atoms with Gasteiger partial charge in [0.1, 0.15) is 18.5 Å². The summed E-state index contributed by atoms with van der Waals surface area (Å²) in [5.41, 5.74) is -0.0327. The molecule has 1 aliphatic rings. The largest absolute Gasteiger partial charge is 0.462 e. The van der Waals surface area contributed by atoms with Crippen molar-refractivity contribution in [2.75, 3.05) is 19.0 Å². The molecule has 4 atom stereocenters. The van der Waals surface area contributed by atoms with E-state index in [1.807, 2.05) is 6.92 Å². The molecule has 0 spiro atoms. The molecular weight excluding hydrogens is 328 g/mol. The smallest absolute Gasteiger partial charge is 0.315 e. The van der Waals surface area contributed by atoms with Crippen LogP contribution in [0.5, 0.6) is 0 Å². The SMILES string of the molecule is CC(CC(=O)C1C(C)C=CCC1(C)C)SCC(=O)OCC(O)CO. The van der Waals surface area contributed by atoms with Crippen molar-refractivity contribution in [3.8, 4) is 0 Å². The molecule has 0 aromatic heterocycles. The molecule has 0 heterocycles. The molecule has 1 rings (SSSR count). The van der Waals surface area contributed by atoms with Gasteiger partial charge in [-0.1, -0.05) is 39.8 Å². The zero-order valence-corrected chi connectivity index (χ0v) is 15.8. The molecule has 0 radical (unpaired) electrons. The Labute approximate surface area is 148 Å². The highest BCUT2D eigenvalue weighted by atomic mass is 32.2. The number of Topliss-reactive ketones (excluding diaryl/α,β-unsaturated/α-hetero) is 1. The van der Waals surface area contributed by atoms with Crippen molar-refractivity contribution in [3.63, 3.8) is 0 Å². The van der Waals surface area contributed by atoms with Crippen LogP contribution in [0.15, 0.2) is 12.2 Å². The van der Waals surface area contributed by atoms with Crippen molar-refractivity contribution >= 4 is 23.5 Å². The number of aliphatic hydroxyl groups is 2. The summed E-state index contributed by atoms with van der Waals surface area (Å²) in [6, 6.07) is 0. The van der Waals surface area contributed by atoms with Crippen LogP contribution in [0, 0.1) is 17.3 Å². The van der Waals surface area contributed by atoms with Gasteiger partial charge in [-0.15, -0.1) is 11.8 Å². The Bertz CT molecular complexity index is 460. The van der Waals surface area contributed by atoms with E-state index in [1.165, 1.54) is 11.8 Å². The van der Waals surface area contributed by atoms with E-state index >= 15 is 0 Å². The van der Waals surface area contributed by atoms with Gasteiger partial charge in [-0.2, -0.15) is 0 Å². The molecule has 24 heavy (non-hydrogen) atoms. The topological polar surface area (TPSA) is 83.8 Å². The number of thioether (sulfide) groups is 1. The Balaban J connectivity index is 2.41. The van der Waals surface area contributed by atoms with Crippen LogP contribution < -0.4 is 0 Å². The molecule has 6 heteroatoms. The monoisotopic (exact) mass is 358 g/mol. The van der Waals surface area contributed by atoms with Crippen LogP contribution in [-0.2, 0) is 14.3 Å². The van der Waals surface area contributed by atoms with Crippen molar-refractivity contribution in [1.82, 2.24) is 0 Å². The van der Waals surface area contributed by atoms with Gasteiger partial charge in [0.25, 0.3) is 0 Å². The molecule has 0 saturated carbocycles. The number of carbonyl (C=O) groups is 2. The molecule has 4 unspecified atom stereocenters. The summed E-state index contributed by atoms with van der Waals surface area (Å²) in [5.74, 6) is 0.193. The number of esters is 1. The predicted molar refractivity (Wildman–Crippen MR) is 95.8 cm³/mol. The van der Waals surface area contributed by atoms with Gasteiger partial charge in [-0.3, -0.25) is 9.59 Å². The van der Waals surface area contributed by atoms with Gasteiger partial charge in [-0.25, -0.2) is 0 Å². The Morgan fingerprint density at radius 2 is 2.08 bits per heavy atom. The van der Waals surface area contributed by atoms with Crippen LogP contribution in [0.25, 0.3) is 0 Å². The molecule has 0 fully saturated rings. The molecule has 0 aromatic carbocycles. The van der Waals surface area contributed by atoms with Crippen LogP contribution in [0.2, 0.25) is 0 Å². The average Bonchev–Trinajstić information content (AvgIpc) is 2.49. The van der Waals surface area contributed by atoms with Gasteiger partial charge in [0, 0.05) is 17.6 Å². The number of ketones is 1. The molecular formula is C18H30O5S. The van der Waals surface area contributed by atoms with Crippen molar-refractivity contribution in [2.24, 2.45) is 17.3 Å². The van der Waals surface area contributed by atoms with Crippen LogP contribution in [0.1, 0.15) is 40.5 Å². The minimum atomic E-state index is -1.04. The minimum Gasteiger partial charge on any atom is -0.462 e. The molecule has 0 aromatic rings. The maximum absolute atomic E-state index is 12.7. The molecule has 0 saturated heterocycles. The van der Waals surface area contributed by atoms with E-state index in [9.17, 15) is 9.59 Å². The van der Waals surface area contributed by atoms with E-state index in [4.69, 9.17) is 14.9 Å². The Morgan fingerprint density at radius 3 is 2.67 bits per heavy atom. The molecule has 0 bridgehead atoms. The predicted octanol–water partition coefficient (Wildman–Crippen LogP) is 2.20. The third kappa shape index (κ3) is 6.57. The van der Waals surface area contributed by atoms with Crippen LogP contribution in [0.4, 0.5) is 0 Å². The lowest BCUT2D eigenvalue weighted by atomic mass is 9.65. The zero-order chi connectivity index (χ0) is 18.3. The number of hydrogen-bond donors (Lipinski definition) is 2. The molecule has 0 aliphatic heterocycles. The molecule has 0 amide bonds. The summed E-state index contributed by atoms with van der Waals surface area (Å²) < 4.78 is 4.85. The first-order valence-electron chi connectivity index (χ1n) is 8.43. The fourth-order valence-electron chi connectivity index (χ4n) is 3.23. The number of hydrogen-bond acceptors (Lipinski definition) is 6. The van der Waals surface area contributed by atoms with Crippen molar-refractivity contribution in [1.29, 1.82) is 0 Å². The lowest BCUT2D eigenvalue weighted by Gasteiger charge is -2.39. The first-order chi connectivity index (χ1) is 11.2. The Hall–Kier alpha value is -0.850. The number of rotatable bonds is 9. The third-order valence-electron chi connectivity index (χ3n) is 4.42. The fraction of sp³-hybridized carbons (Fsp3) is 0.778. The van der Waals surface area contributed by atoms with Gasteiger partial charge in [0.2, 0.25) is 0 Å². The highest BCUT2D eigenvalue weighted by Crippen LogP contribution is 2.42. The fourth-order valence-corrected chi connectivity index (χ4v) is 4.01. The number of ether oxygens (including phenoxy) is 1. The first-order valence-corrected chi connectivity index (χ1v) is 9.47. The summed E-state index contributed by atoms with van der Waals surface area (Å²) >= 11 is 1.38. The lowest BCUT2D eigenvalue weighted by molar-refractivity contribution is -0.144. The van der Waals surface area contributed by atoms with Crippen LogP contribution in [0.3, 0.4) is 0 Å². The second-order valence-electron chi connectivity index (χ2n) is 7.27. The van der Waals surface area contributed by atoms with E-state index in [0.29, 0.717) is 6.42 Å². The number of carbonyl (C=O) groups excluding carboxylic acids is 2. The van der Waals surface area contributed by atoms with E-state index in [1.54, 1.807) is 0 Å². The van der Waals surface area contributed by atoms with Crippen molar-refractivity contribution < 1.29 is 24.5 Å². The van der Waals surface area contributed by atoms with E-state index < -0.39 is 18.7 Å². The van der Waals surface area contributed by atoms with Gasteiger partial charge < -0.3 is 14.9 Å². The van der Waals surface area contributed by atoms with E-state index in [2.05, 4.69) is 32.9 Å². The quantitative estimate of drug-likeness (QED) is 0.486. The van der Waals surface area contributed by atoms with E-state index in [-0.39, 0.29) is 40.6 Å². The van der Waals surface area contributed by atoms with Gasteiger partial charge in [0.05, 0.1) is 12.4 Å². The molecule has 2 N–H and O–H groups in total. The van der Waals surface area contributed by atoms with E-state index in [0.717, 1.165) is 6.42 Å². The maximum Gasteiger partial charge on any atom is 0.315 e. The Kier molecular flexibility index (Phi) is 8.46. The van der Waals surface area contributed by atoms with Crippen molar-refractivity contribution in [3.05, 3.63) is 12.2 Å². The zero-order valence-electron chi connectivity index (χ0n) is 15.0. The maximum atomic E-state index is 12.7. The summed E-state index contributed by atoms with van der Waals surface area (Å²) in [4.78, 5) is 24.3. The second-order valence-corrected chi connectivity index (χ2v) is 8.70. The normalized spacial score (nSPS) is 25.1. The summed E-state index contributed by atoms with van der Waals surface area (Å²) in [5, 5.41) is 17.8. The third-order valence-corrected chi connectivity index (χ3v) is 5.56. The Morgan fingerprint density at radius 1 is 1.42 bits per heavy atom. The number of aliphatic hydroxyl groups excluding tert-OH is 2.